The van der Waals surface area contributed by atoms with Gasteiger partial charge in [0.1, 0.15) is 5.82 Å². The number of nitrogens with zero attached hydrogens (tertiary/aromatic N) is 4. The second-order valence-electron chi connectivity index (χ2n) is 7.56. The molecule has 0 atom stereocenters. The lowest BCUT2D eigenvalue weighted by Crippen LogP contribution is -2.21. The summed E-state index contributed by atoms with van der Waals surface area (Å²) in [5.41, 5.74) is 3.33. The Labute approximate surface area is 174 Å². The summed E-state index contributed by atoms with van der Waals surface area (Å²) in [5, 5.41) is 25.3. The lowest BCUT2D eigenvalue weighted by atomic mass is 10.1. The van der Waals surface area contributed by atoms with Gasteiger partial charge in [0, 0.05) is 28.8 Å². The van der Waals surface area contributed by atoms with Crippen molar-refractivity contribution in [2.75, 3.05) is 5.32 Å². The van der Waals surface area contributed by atoms with Crippen LogP contribution in [-0.4, -0.2) is 42.2 Å². The van der Waals surface area contributed by atoms with E-state index < -0.39 is 17.7 Å². The summed E-state index contributed by atoms with van der Waals surface area (Å²) in [6.45, 7) is 0.802. The average molecular weight is 420 g/mol. The first-order valence-corrected chi connectivity index (χ1v) is 9.71. The minimum atomic E-state index is -1.55. The molecule has 3 N–H and O–H groups in total. The van der Waals surface area contributed by atoms with Gasteiger partial charge < -0.3 is 15.0 Å². The Hall–Kier alpha value is -4.08. The molecule has 0 bridgehead atoms. The molecule has 2 aromatic carbocycles. The third-order valence-corrected chi connectivity index (χ3v) is 5.36. The Morgan fingerprint density at radius 1 is 1.19 bits per heavy atom. The van der Waals surface area contributed by atoms with Crippen LogP contribution in [0, 0.1) is 11.7 Å². The zero-order valence-electron chi connectivity index (χ0n) is 16.2. The number of nitrogens with one attached hydrogen (secondary N) is 2. The number of tetrazole rings is 1. The molecule has 1 amide bonds. The van der Waals surface area contributed by atoms with Gasteiger partial charge in [0.2, 0.25) is 0 Å². The van der Waals surface area contributed by atoms with Gasteiger partial charge >= 0.3 is 11.9 Å². The van der Waals surface area contributed by atoms with E-state index in [0.717, 1.165) is 41.5 Å². The van der Waals surface area contributed by atoms with Crippen LogP contribution in [0.3, 0.4) is 0 Å². The van der Waals surface area contributed by atoms with Gasteiger partial charge in [0.15, 0.2) is 5.82 Å². The molecule has 2 heterocycles. The van der Waals surface area contributed by atoms with Crippen LogP contribution < -0.4 is 5.32 Å². The third-order valence-electron chi connectivity index (χ3n) is 5.36. The molecule has 1 aliphatic carbocycles. The molecule has 10 heteroatoms. The highest BCUT2D eigenvalue weighted by molar-refractivity contribution is 6.36. The maximum absolute atomic E-state index is 14.7. The van der Waals surface area contributed by atoms with Gasteiger partial charge in [-0.25, -0.2) is 14.3 Å². The first-order chi connectivity index (χ1) is 15.0. The SMILES string of the molecule is O=C(O)C(=O)Nc1ccc(-c2cc3cc(F)c(-c4nnn[nH]4)cc3n2CC2CC2)cc1. The fourth-order valence-electron chi connectivity index (χ4n) is 3.64. The molecule has 1 saturated carbocycles. The fraction of sp³-hybridized carbons (Fsp3) is 0.190. The molecule has 0 spiro atoms. The van der Waals surface area contributed by atoms with Gasteiger partial charge in [0.05, 0.1) is 5.56 Å². The molecular formula is C21H17FN6O3. The average Bonchev–Trinajstić information content (AvgIpc) is 3.27. The number of benzene rings is 2. The maximum atomic E-state index is 14.7. The first-order valence-electron chi connectivity index (χ1n) is 9.71. The molecule has 0 unspecified atom stereocenters. The predicted molar refractivity (Wildman–Crippen MR) is 109 cm³/mol. The van der Waals surface area contributed by atoms with Crippen molar-refractivity contribution in [2.45, 2.75) is 19.4 Å². The minimum absolute atomic E-state index is 0.263. The Bertz CT molecular complexity index is 1290. The van der Waals surface area contributed by atoms with Crippen LogP contribution in [0.2, 0.25) is 0 Å². The zero-order chi connectivity index (χ0) is 21.5. The molecule has 1 fully saturated rings. The highest BCUT2D eigenvalue weighted by atomic mass is 19.1. The summed E-state index contributed by atoms with van der Waals surface area (Å²) in [6.07, 6.45) is 2.30. The number of aromatic nitrogens is 5. The molecule has 4 aromatic rings. The van der Waals surface area contributed by atoms with Crippen molar-refractivity contribution in [3.63, 3.8) is 0 Å². The second kappa shape index (κ2) is 7.31. The van der Waals surface area contributed by atoms with Crippen molar-refractivity contribution in [1.29, 1.82) is 0 Å². The number of hydrogen-bond donors (Lipinski definition) is 3. The summed E-state index contributed by atoms with van der Waals surface area (Å²) in [7, 11) is 0. The zero-order valence-corrected chi connectivity index (χ0v) is 16.2. The number of carbonyl (C=O) groups excluding carboxylic acids is 1. The lowest BCUT2D eigenvalue weighted by molar-refractivity contribution is -0.147. The molecule has 9 nitrogen and oxygen atoms in total. The normalized spacial score (nSPS) is 13.5. The number of H-pyrrole nitrogens is 1. The number of aliphatic carboxylic acids is 1. The van der Waals surface area contributed by atoms with Gasteiger partial charge in [-0.15, -0.1) is 5.10 Å². The molecule has 0 aliphatic heterocycles. The monoisotopic (exact) mass is 420 g/mol. The van der Waals surface area contributed by atoms with Gasteiger partial charge in [-0.1, -0.05) is 12.1 Å². The van der Waals surface area contributed by atoms with Crippen LogP contribution in [0.1, 0.15) is 12.8 Å². The largest absolute Gasteiger partial charge is 0.474 e. The molecule has 5 rings (SSSR count). The van der Waals surface area contributed by atoms with Gasteiger partial charge in [0.25, 0.3) is 0 Å². The van der Waals surface area contributed by atoms with Crippen molar-refractivity contribution < 1.29 is 19.1 Å². The van der Waals surface area contributed by atoms with E-state index in [1.54, 1.807) is 30.3 Å². The molecule has 0 radical (unpaired) electrons. The highest BCUT2D eigenvalue weighted by Gasteiger charge is 2.25. The van der Waals surface area contributed by atoms with Crippen molar-refractivity contribution >= 4 is 28.5 Å². The molecule has 31 heavy (non-hydrogen) atoms. The van der Waals surface area contributed by atoms with Crippen LogP contribution in [0.5, 0.6) is 0 Å². The van der Waals surface area contributed by atoms with Crippen molar-refractivity contribution in [3.8, 4) is 22.6 Å². The van der Waals surface area contributed by atoms with E-state index in [0.29, 0.717) is 17.2 Å². The van der Waals surface area contributed by atoms with E-state index in [1.165, 1.54) is 6.07 Å². The number of carboxylic acid groups (broad SMARTS) is 1. The first kappa shape index (κ1) is 18.9. The van der Waals surface area contributed by atoms with E-state index in [2.05, 4.69) is 30.5 Å². The van der Waals surface area contributed by atoms with Crippen LogP contribution in [-0.2, 0) is 16.1 Å². The van der Waals surface area contributed by atoms with E-state index in [1.807, 2.05) is 6.07 Å². The number of aromatic amines is 1. The number of carbonyl (C=O) groups is 2. The number of hydrogen-bond acceptors (Lipinski definition) is 5. The Kier molecular flexibility index (Phi) is 4.46. The number of carboxylic acids is 1. The predicted octanol–water partition coefficient (Wildman–Crippen LogP) is 3.06. The number of amides is 1. The summed E-state index contributed by atoms with van der Waals surface area (Å²) >= 11 is 0. The molecule has 2 aromatic heterocycles. The van der Waals surface area contributed by atoms with E-state index in [9.17, 15) is 14.0 Å². The molecule has 0 saturated heterocycles. The molecule has 156 valence electrons. The fourth-order valence-corrected chi connectivity index (χ4v) is 3.64. The Morgan fingerprint density at radius 3 is 2.61 bits per heavy atom. The van der Waals surface area contributed by atoms with Crippen LogP contribution >= 0.6 is 0 Å². The Morgan fingerprint density at radius 2 is 1.97 bits per heavy atom. The summed E-state index contributed by atoms with van der Waals surface area (Å²) in [6, 6.07) is 12.0. The topological polar surface area (TPSA) is 126 Å². The number of anilines is 1. The van der Waals surface area contributed by atoms with Crippen molar-refractivity contribution in [1.82, 2.24) is 25.2 Å². The smallest absolute Gasteiger partial charge is 0.394 e. The number of halogens is 1. The number of rotatable bonds is 5. The van der Waals surface area contributed by atoms with E-state index in [-0.39, 0.29) is 5.82 Å². The molecular weight excluding hydrogens is 403 g/mol. The third kappa shape index (κ3) is 3.63. The second-order valence-corrected chi connectivity index (χ2v) is 7.56. The van der Waals surface area contributed by atoms with Crippen LogP contribution in [0.4, 0.5) is 10.1 Å². The molecule has 1 aliphatic rings. The summed E-state index contributed by atoms with van der Waals surface area (Å²) < 4.78 is 16.9. The lowest BCUT2D eigenvalue weighted by Gasteiger charge is -2.12. The van der Waals surface area contributed by atoms with Crippen molar-refractivity contribution in [3.05, 3.63) is 48.3 Å². The standard InChI is InChI=1S/C21H17FN6O3/c22-16-7-13-8-17(12-3-5-14(6-4-12)23-20(29)21(30)31)28(10-11-1-2-11)18(13)9-15(16)19-24-26-27-25-19/h3-9,11H,1-2,10H2,(H,23,29)(H,30,31)(H,24,25,26,27). The minimum Gasteiger partial charge on any atom is -0.474 e. The van der Waals surface area contributed by atoms with E-state index in [4.69, 9.17) is 5.11 Å². The highest BCUT2D eigenvalue weighted by Crippen LogP contribution is 2.37. The quantitative estimate of drug-likeness (QED) is 0.426. The van der Waals surface area contributed by atoms with E-state index >= 15 is 0 Å². The Balaban J connectivity index is 1.58. The van der Waals surface area contributed by atoms with Gasteiger partial charge in [-0.05, 0) is 65.1 Å². The van der Waals surface area contributed by atoms with Gasteiger partial charge in [-0.3, -0.25) is 4.79 Å². The van der Waals surface area contributed by atoms with Crippen LogP contribution in [0.25, 0.3) is 33.5 Å². The van der Waals surface area contributed by atoms with Crippen molar-refractivity contribution in [2.24, 2.45) is 5.92 Å². The maximum Gasteiger partial charge on any atom is 0.394 e. The number of fused-ring (bicyclic) bond motifs is 1. The summed E-state index contributed by atoms with van der Waals surface area (Å²) in [4.78, 5) is 22.1. The summed E-state index contributed by atoms with van der Waals surface area (Å²) in [5.74, 6) is -2.23. The van der Waals surface area contributed by atoms with Gasteiger partial charge in [-0.2, -0.15) is 0 Å². The van der Waals surface area contributed by atoms with Crippen LogP contribution in [0.15, 0.2) is 42.5 Å².